The predicted molar refractivity (Wildman–Crippen MR) is 40.2 cm³/mol. The van der Waals surface area contributed by atoms with E-state index in [9.17, 15) is 31.4 Å². The molecule has 90 valence electrons. The summed E-state index contributed by atoms with van der Waals surface area (Å²) in [5, 5.41) is 11.1. The van der Waals surface area contributed by atoms with Crippen LogP contribution in [0.1, 0.15) is 5.56 Å². The molecule has 1 nitrogen and oxygen atoms in total. The molecule has 0 heterocycles. The number of benzene rings is 1. The van der Waals surface area contributed by atoms with Crippen LogP contribution in [-0.4, -0.2) is 12.4 Å². The van der Waals surface area contributed by atoms with Gasteiger partial charge in [0.05, 0.1) is 0 Å². The molecular formula is C9H5F6O-. The lowest BCUT2D eigenvalue weighted by Gasteiger charge is -2.43. The highest BCUT2D eigenvalue weighted by Crippen LogP contribution is 2.47. The van der Waals surface area contributed by atoms with E-state index < -0.39 is 23.5 Å². The van der Waals surface area contributed by atoms with E-state index in [4.69, 9.17) is 0 Å². The van der Waals surface area contributed by atoms with E-state index in [2.05, 4.69) is 0 Å². The predicted octanol–water partition coefficient (Wildman–Crippen LogP) is 2.37. The summed E-state index contributed by atoms with van der Waals surface area (Å²) in [5.74, 6) is 0. The molecular weight excluding hydrogens is 238 g/mol. The minimum atomic E-state index is -5.94. The highest BCUT2D eigenvalue weighted by molar-refractivity contribution is 5.25. The number of halogens is 6. The van der Waals surface area contributed by atoms with E-state index in [1.54, 1.807) is 0 Å². The van der Waals surface area contributed by atoms with Crippen molar-refractivity contribution >= 4 is 0 Å². The third-order valence-electron chi connectivity index (χ3n) is 1.98. The summed E-state index contributed by atoms with van der Waals surface area (Å²) >= 11 is 0. The van der Waals surface area contributed by atoms with Gasteiger partial charge in [-0.1, -0.05) is 30.3 Å². The lowest BCUT2D eigenvalue weighted by molar-refractivity contribution is -0.604. The van der Waals surface area contributed by atoms with Gasteiger partial charge in [-0.2, -0.15) is 26.3 Å². The van der Waals surface area contributed by atoms with Gasteiger partial charge in [-0.15, -0.1) is 0 Å². The Morgan fingerprint density at radius 3 is 1.44 bits per heavy atom. The van der Waals surface area contributed by atoms with Gasteiger partial charge in [-0.05, 0) is 5.56 Å². The number of rotatable bonds is 1. The van der Waals surface area contributed by atoms with Gasteiger partial charge < -0.3 is 5.11 Å². The van der Waals surface area contributed by atoms with Crippen LogP contribution in [0.15, 0.2) is 30.3 Å². The Morgan fingerprint density at radius 2 is 1.12 bits per heavy atom. The molecule has 7 heteroatoms. The molecule has 0 saturated heterocycles. The minimum Gasteiger partial charge on any atom is -0.833 e. The number of hydrogen-bond acceptors (Lipinski definition) is 1. The second kappa shape index (κ2) is 3.65. The maximum Gasteiger partial charge on any atom is 0.392 e. The van der Waals surface area contributed by atoms with Crippen LogP contribution >= 0.6 is 0 Å². The maximum absolute atomic E-state index is 12.3. The average Bonchev–Trinajstić information content (AvgIpc) is 2.14. The van der Waals surface area contributed by atoms with Crippen molar-refractivity contribution in [3.05, 3.63) is 35.9 Å². The maximum atomic E-state index is 12.3. The first-order valence-corrected chi connectivity index (χ1v) is 4.00. The lowest BCUT2D eigenvalue weighted by Crippen LogP contribution is -2.63. The molecule has 0 amide bonds. The molecule has 0 atom stereocenters. The molecule has 0 N–H and O–H groups in total. The van der Waals surface area contributed by atoms with Crippen LogP contribution in [0.5, 0.6) is 0 Å². The molecule has 0 radical (unpaired) electrons. The molecule has 1 aromatic carbocycles. The van der Waals surface area contributed by atoms with Crippen LogP contribution in [0.25, 0.3) is 0 Å². The van der Waals surface area contributed by atoms with E-state index in [0.29, 0.717) is 12.1 Å². The largest absolute Gasteiger partial charge is 0.833 e. The molecule has 0 saturated carbocycles. The van der Waals surface area contributed by atoms with Crippen LogP contribution in [0, 0.1) is 0 Å². The summed E-state index contributed by atoms with van der Waals surface area (Å²) in [5.41, 5.74) is -6.45. The van der Waals surface area contributed by atoms with Gasteiger partial charge in [0.25, 0.3) is 0 Å². The van der Waals surface area contributed by atoms with Gasteiger partial charge in [-0.25, -0.2) is 0 Å². The molecule has 0 aromatic heterocycles. The fraction of sp³-hybridized carbons (Fsp3) is 0.333. The van der Waals surface area contributed by atoms with E-state index in [1.807, 2.05) is 0 Å². The van der Waals surface area contributed by atoms with Crippen molar-refractivity contribution in [1.29, 1.82) is 0 Å². The van der Waals surface area contributed by atoms with Crippen LogP contribution in [0.3, 0.4) is 0 Å². The second-order valence-electron chi connectivity index (χ2n) is 3.04. The Balaban J connectivity index is 3.39. The molecule has 0 aliphatic heterocycles. The van der Waals surface area contributed by atoms with E-state index in [0.717, 1.165) is 12.1 Å². The first-order valence-electron chi connectivity index (χ1n) is 4.00. The summed E-state index contributed by atoms with van der Waals surface area (Å²) in [6, 6.07) is 4.12. The van der Waals surface area contributed by atoms with Crippen LogP contribution in [-0.2, 0) is 5.60 Å². The topological polar surface area (TPSA) is 23.1 Å². The Kier molecular flexibility index (Phi) is 2.93. The monoisotopic (exact) mass is 243 g/mol. The quantitative estimate of drug-likeness (QED) is 0.694. The van der Waals surface area contributed by atoms with Crippen molar-refractivity contribution in [2.45, 2.75) is 18.0 Å². The molecule has 0 aliphatic rings. The SMILES string of the molecule is [O-]C(c1ccccc1)(C(F)(F)F)C(F)(F)F. The van der Waals surface area contributed by atoms with Crippen LogP contribution < -0.4 is 5.11 Å². The summed E-state index contributed by atoms with van der Waals surface area (Å²) in [6.07, 6.45) is -11.9. The Labute approximate surface area is 86.3 Å². The molecule has 16 heavy (non-hydrogen) atoms. The average molecular weight is 243 g/mol. The van der Waals surface area contributed by atoms with Crippen molar-refractivity contribution in [2.24, 2.45) is 0 Å². The summed E-state index contributed by atoms with van der Waals surface area (Å²) in [6.45, 7) is 0. The summed E-state index contributed by atoms with van der Waals surface area (Å²) in [4.78, 5) is 0. The van der Waals surface area contributed by atoms with E-state index in [-0.39, 0.29) is 0 Å². The van der Waals surface area contributed by atoms with Crippen molar-refractivity contribution in [2.75, 3.05) is 0 Å². The Bertz CT molecular complexity index is 339. The fourth-order valence-electron chi connectivity index (χ4n) is 1.16. The standard InChI is InChI=1S/C9H5F6O/c10-8(11,12)7(16,9(13,14)15)6-4-2-1-3-5-6/h1-5H/q-1. The zero-order valence-corrected chi connectivity index (χ0v) is 7.56. The van der Waals surface area contributed by atoms with Gasteiger partial charge in [0.2, 0.25) is 0 Å². The van der Waals surface area contributed by atoms with Crippen molar-refractivity contribution in [3.8, 4) is 0 Å². The lowest BCUT2D eigenvalue weighted by atomic mass is 9.92. The molecule has 0 spiro atoms. The van der Waals surface area contributed by atoms with Gasteiger partial charge in [-0.3, -0.25) is 0 Å². The minimum absolute atomic E-state index is 0.508. The Hall–Kier alpha value is -1.24. The van der Waals surface area contributed by atoms with Gasteiger partial charge in [0, 0.05) is 0 Å². The van der Waals surface area contributed by atoms with Gasteiger partial charge >= 0.3 is 12.4 Å². The van der Waals surface area contributed by atoms with Crippen molar-refractivity contribution < 1.29 is 31.4 Å². The molecule has 1 aromatic rings. The van der Waals surface area contributed by atoms with Crippen molar-refractivity contribution in [1.82, 2.24) is 0 Å². The van der Waals surface area contributed by atoms with Crippen molar-refractivity contribution in [3.63, 3.8) is 0 Å². The molecule has 1 rings (SSSR count). The summed E-state index contributed by atoms with van der Waals surface area (Å²) in [7, 11) is 0. The highest BCUT2D eigenvalue weighted by Gasteiger charge is 2.62. The fourth-order valence-corrected chi connectivity index (χ4v) is 1.16. The van der Waals surface area contributed by atoms with Crippen LogP contribution in [0.4, 0.5) is 26.3 Å². The molecule has 0 bridgehead atoms. The van der Waals surface area contributed by atoms with Crippen LogP contribution in [0.2, 0.25) is 0 Å². The zero-order chi connectivity index (χ0) is 12.6. The molecule has 0 aliphatic carbocycles. The van der Waals surface area contributed by atoms with Gasteiger partial charge in [0.1, 0.15) is 5.60 Å². The highest BCUT2D eigenvalue weighted by atomic mass is 19.4. The smallest absolute Gasteiger partial charge is 0.392 e. The summed E-state index contributed by atoms with van der Waals surface area (Å²) < 4.78 is 73.5. The first-order chi connectivity index (χ1) is 7.11. The Morgan fingerprint density at radius 1 is 0.750 bits per heavy atom. The first kappa shape index (κ1) is 12.8. The number of alkyl halides is 6. The second-order valence-corrected chi connectivity index (χ2v) is 3.04. The third kappa shape index (κ3) is 1.87. The molecule has 0 fully saturated rings. The van der Waals surface area contributed by atoms with Gasteiger partial charge in [0.15, 0.2) is 0 Å². The normalized spacial score (nSPS) is 13.9. The van der Waals surface area contributed by atoms with E-state index in [1.165, 1.54) is 6.07 Å². The molecule has 0 unspecified atom stereocenters. The third-order valence-corrected chi connectivity index (χ3v) is 1.98. The van der Waals surface area contributed by atoms with E-state index >= 15 is 0 Å². The number of hydrogen-bond donors (Lipinski definition) is 0. The zero-order valence-electron chi connectivity index (χ0n) is 7.56.